The molecule has 0 aromatic heterocycles. The molecule has 0 radical (unpaired) electrons. The van der Waals surface area contributed by atoms with E-state index in [1.54, 1.807) is 24.3 Å². The smallest absolute Gasteiger partial charge is 0.251 e. The lowest BCUT2D eigenvalue weighted by Gasteiger charge is -2.20. The molecule has 6 nitrogen and oxygen atoms in total. The second kappa shape index (κ2) is 11.3. The van der Waals surface area contributed by atoms with Gasteiger partial charge in [0.2, 0.25) is 0 Å². The standard InChI is InChI=1S/C17H26ClN5O.BrH/c1-2-23-11-3-4-15(23)12-22-17(19)21-10-9-20-16(24)13-5-7-14(18)8-6-13;/h5-8,15H,2-4,9-12H2,1H3,(H,20,24)(H3,19,21,22);1H. The Morgan fingerprint density at radius 2 is 2.00 bits per heavy atom. The zero-order chi connectivity index (χ0) is 17.4. The van der Waals surface area contributed by atoms with Crippen molar-refractivity contribution in [1.82, 2.24) is 15.5 Å². The van der Waals surface area contributed by atoms with Crippen LogP contribution in [0, 0.1) is 0 Å². The van der Waals surface area contributed by atoms with Gasteiger partial charge < -0.3 is 16.4 Å². The zero-order valence-corrected chi connectivity index (χ0v) is 17.0. The lowest BCUT2D eigenvalue weighted by Crippen LogP contribution is -2.39. The van der Waals surface area contributed by atoms with Gasteiger partial charge in [0.15, 0.2) is 5.96 Å². The lowest BCUT2D eigenvalue weighted by atomic mass is 10.2. The van der Waals surface area contributed by atoms with Crippen molar-refractivity contribution in [3.8, 4) is 0 Å². The molecule has 1 atom stereocenters. The number of rotatable bonds is 7. The summed E-state index contributed by atoms with van der Waals surface area (Å²) in [5.41, 5.74) is 6.46. The van der Waals surface area contributed by atoms with Gasteiger partial charge in [-0.25, -0.2) is 0 Å². The fourth-order valence-electron chi connectivity index (χ4n) is 2.85. The molecule has 1 amide bonds. The van der Waals surface area contributed by atoms with Crippen LogP contribution in [0.5, 0.6) is 0 Å². The quantitative estimate of drug-likeness (QED) is 0.350. The minimum atomic E-state index is -0.131. The molecular formula is C17H27BrClN5O. The van der Waals surface area contributed by atoms with Gasteiger partial charge in [0.1, 0.15) is 0 Å². The highest BCUT2D eigenvalue weighted by Crippen LogP contribution is 2.16. The number of amides is 1. The Labute approximate surface area is 165 Å². The van der Waals surface area contributed by atoms with Crippen molar-refractivity contribution < 1.29 is 4.79 Å². The Morgan fingerprint density at radius 3 is 2.68 bits per heavy atom. The van der Waals surface area contributed by atoms with Crippen LogP contribution >= 0.6 is 28.6 Å². The van der Waals surface area contributed by atoms with Crippen LogP contribution in [0.2, 0.25) is 5.02 Å². The molecule has 0 saturated carbocycles. The Bertz CT molecular complexity index is 567. The number of likely N-dealkylation sites (tertiary alicyclic amines) is 1. The fraction of sp³-hybridized carbons (Fsp3) is 0.529. The van der Waals surface area contributed by atoms with Crippen LogP contribution < -0.4 is 16.4 Å². The summed E-state index contributed by atoms with van der Waals surface area (Å²) in [5.74, 6) is 0.298. The summed E-state index contributed by atoms with van der Waals surface area (Å²) in [6.07, 6.45) is 2.42. The van der Waals surface area contributed by atoms with E-state index in [2.05, 4.69) is 27.4 Å². The molecule has 2 rings (SSSR count). The second-order valence-corrected chi connectivity index (χ2v) is 6.28. The van der Waals surface area contributed by atoms with Crippen LogP contribution in [0.4, 0.5) is 0 Å². The second-order valence-electron chi connectivity index (χ2n) is 5.84. The molecule has 0 bridgehead atoms. The molecule has 0 spiro atoms. The van der Waals surface area contributed by atoms with E-state index in [4.69, 9.17) is 17.3 Å². The maximum atomic E-state index is 11.9. The number of aliphatic imine (C=N–C) groups is 1. The van der Waals surface area contributed by atoms with Crippen molar-refractivity contribution in [2.45, 2.75) is 25.8 Å². The van der Waals surface area contributed by atoms with Crippen LogP contribution in [0.3, 0.4) is 0 Å². The van der Waals surface area contributed by atoms with Gasteiger partial charge in [-0.05, 0) is 50.2 Å². The molecule has 4 N–H and O–H groups in total. The minimum Gasteiger partial charge on any atom is -0.370 e. The largest absolute Gasteiger partial charge is 0.370 e. The van der Waals surface area contributed by atoms with Gasteiger partial charge in [0, 0.05) is 29.7 Å². The van der Waals surface area contributed by atoms with Crippen molar-refractivity contribution in [2.24, 2.45) is 10.7 Å². The third-order valence-electron chi connectivity index (χ3n) is 4.20. The molecule has 0 aliphatic carbocycles. The number of likely N-dealkylation sites (N-methyl/N-ethyl adjacent to an activating group) is 1. The first-order valence-electron chi connectivity index (χ1n) is 8.41. The SMILES string of the molecule is Br.CCN1CCCC1CN=C(N)NCCNC(=O)c1ccc(Cl)cc1. The maximum Gasteiger partial charge on any atom is 0.251 e. The predicted octanol–water partition coefficient (Wildman–Crippen LogP) is 2.04. The highest BCUT2D eigenvalue weighted by atomic mass is 79.9. The number of halogens is 2. The number of hydrogen-bond acceptors (Lipinski definition) is 3. The number of carbonyl (C=O) groups is 1. The normalized spacial score (nSPS) is 17.8. The van der Waals surface area contributed by atoms with Crippen molar-refractivity contribution in [1.29, 1.82) is 0 Å². The van der Waals surface area contributed by atoms with Gasteiger partial charge in [-0.15, -0.1) is 17.0 Å². The summed E-state index contributed by atoms with van der Waals surface area (Å²) >= 11 is 5.80. The number of guanidine groups is 1. The van der Waals surface area contributed by atoms with E-state index in [9.17, 15) is 4.79 Å². The summed E-state index contributed by atoms with van der Waals surface area (Å²) in [5, 5.41) is 6.46. The lowest BCUT2D eigenvalue weighted by molar-refractivity contribution is 0.0954. The number of nitrogens with one attached hydrogen (secondary N) is 2. The van der Waals surface area contributed by atoms with Gasteiger partial charge in [0.05, 0.1) is 6.54 Å². The molecular weight excluding hydrogens is 406 g/mol. The van der Waals surface area contributed by atoms with E-state index in [0.29, 0.717) is 35.7 Å². The first-order valence-corrected chi connectivity index (χ1v) is 8.79. The molecule has 8 heteroatoms. The molecule has 1 aliphatic heterocycles. The minimum absolute atomic E-state index is 0. The van der Waals surface area contributed by atoms with Crippen LogP contribution in [0.1, 0.15) is 30.1 Å². The van der Waals surface area contributed by atoms with Crippen LogP contribution in [-0.2, 0) is 0 Å². The van der Waals surface area contributed by atoms with E-state index in [0.717, 1.165) is 19.6 Å². The predicted molar refractivity (Wildman–Crippen MR) is 109 cm³/mol. The molecule has 1 aliphatic rings. The third kappa shape index (κ3) is 7.22. The molecule has 1 aromatic rings. The highest BCUT2D eigenvalue weighted by Gasteiger charge is 2.22. The summed E-state index contributed by atoms with van der Waals surface area (Å²) in [6.45, 7) is 6.13. The number of nitrogens with two attached hydrogens (primary N) is 1. The van der Waals surface area contributed by atoms with Crippen molar-refractivity contribution in [3.05, 3.63) is 34.9 Å². The van der Waals surface area contributed by atoms with Gasteiger partial charge in [-0.3, -0.25) is 14.7 Å². The van der Waals surface area contributed by atoms with Gasteiger partial charge in [0.25, 0.3) is 5.91 Å². The van der Waals surface area contributed by atoms with E-state index in [1.807, 2.05) is 0 Å². The summed E-state index contributed by atoms with van der Waals surface area (Å²) in [6, 6.07) is 7.29. The molecule has 1 fully saturated rings. The molecule has 1 saturated heterocycles. The van der Waals surface area contributed by atoms with Crippen molar-refractivity contribution in [3.63, 3.8) is 0 Å². The summed E-state index contributed by atoms with van der Waals surface area (Å²) < 4.78 is 0. The van der Waals surface area contributed by atoms with E-state index in [1.165, 1.54) is 12.8 Å². The fourth-order valence-corrected chi connectivity index (χ4v) is 2.97. The monoisotopic (exact) mass is 431 g/mol. The Kier molecular flexibility index (Phi) is 9.85. The maximum absolute atomic E-state index is 11.9. The highest BCUT2D eigenvalue weighted by molar-refractivity contribution is 8.93. The zero-order valence-electron chi connectivity index (χ0n) is 14.5. The van der Waals surface area contributed by atoms with E-state index < -0.39 is 0 Å². The number of benzene rings is 1. The average Bonchev–Trinajstić information content (AvgIpc) is 3.05. The molecule has 140 valence electrons. The van der Waals surface area contributed by atoms with Crippen molar-refractivity contribution in [2.75, 3.05) is 32.7 Å². The molecule has 1 heterocycles. The van der Waals surface area contributed by atoms with Gasteiger partial charge >= 0.3 is 0 Å². The summed E-state index contributed by atoms with van der Waals surface area (Å²) in [7, 11) is 0. The third-order valence-corrected chi connectivity index (χ3v) is 4.45. The molecule has 1 unspecified atom stereocenters. The Morgan fingerprint density at radius 1 is 1.32 bits per heavy atom. The van der Waals surface area contributed by atoms with Crippen LogP contribution in [-0.4, -0.2) is 55.5 Å². The van der Waals surface area contributed by atoms with Crippen molar-refractivity contribution >= 4 is 40.4 Å². The van der Waals surface area contributed by atoms with Gasteiger partial charge in [-0.2, -0.15) is 0 Å². The number of hydrogen-bond donors (Lipinski definition) is 3. The Balaban J connectivity index is 0.00000312. The number of carbonyl (C=O) groups excluding carboxylic acids is 1. The first-order chi connectivity index (χ1) is 11.6. The average molecular weight is 433 g/mol. The topological polar surface area (TPSA) is 82.8 Å². The number of nitrogens with zero attached hydrogens (tertiary/aromatic N) is 2. The van der Waals surface area contributed by atoms with E-state index in [-0.39, 0.29) is 22.9 Å². The van der Waals surface area contributed by atoms with Gasteiger partial charge in [-0.1, -0.05) is 18.5 Å². The van der Waals surface area contributed by atoms with E-state index >= 15 is 0 Å². The molecule has 1 aromatic carbocycles. The molecule has 25 heavy (non-hydrogen) atoms. The van der Waals surface area contributed by atoms with Crippen LogP contribution in [0.15, 0.2) is 29.3 Å². The summed E-state index contributed by atoms with van der Waals surface area (Å²) in [4.78, 5) is 18.8. The first kappa shape index (κ1) is 21.7. The Hall–Kier alpha value is -1.31. The van der Waals surface area contributed by atoms with Crippen LogP contribution in [0.25, 0.3) is 0 Å².